The minimum atomic E-state index is -0.397. The van der Waals surface area contributed by atoms with Crippen molar-refractivity contribution < 1.29 is 4.92 Å². The normalized spacial score (nSPS) is 12.4. The van der Waals surface area contributed by atoms with E-state index in [0.717, 1.165) is 6.42 Å². The van der Waals surface area contributed by atoms with E-state index in [9.17, 15) is 10.1 Å². The molecule has 0 aromatic carbocycles. The number of allylic oxidation sites excluding steroid dienone is 3. The van der Waals surface area contributed by atoms with Gasteiger partial charge >= 0.3 is 0 Å². The molecule has 0 unspecified atom stereocenters. The van der Waals surface area contributed by atoms with Gasteiger partial charge < -0.3 is 0 Å². The van der Waals surface area contributed by atoms with Crippen LogP contribution in [-0.4, -0.2) is 4.92 Å². The summed E-state index contributed by atoms with van der Waals surface area (Å²) >= 11 is 0. The number of rotatable bonds is 3. The number of nitro groups is 1. The third-order valence-corrected chi connectivity index (χ3v) is 1.03. The summed E-state index contributed by atoms with van der Waals surface area (Å²) in [7, 11) is 0. The molecule has 0 rings (SSSR count). The molecular weight excluding hydrogens is 130 g/mol. The van der Waals surface area contributed by atoms with E-state index in [4.69, 9.17) is 0 Å². The van der Waals surface area contributed by atoms with Crippen LogP contribution in [0, 0.1) is 10.1 Å². The van der Waals surface area contributed by atoms with Gasteiger partial charge in [-0.25, -0.2) is 0 Å². The molecule has 0 aliphatic carbocycles. The Balaban J connectivity index is 4.12. The first-order chi connectivity index (χ1) is 4.72. The van der Waals surface area contributed by atoms with E-state index >= 15 is 0 Å². The third-order valence-electron chi connectivity index (χ3n) is 1.03. The molecule has 0 spiro atoms. The van der Waals surface area contributed by atoms with E-state index in [1.807, 2.05) is 6.92 Å². The molecule has 0 fully saturated rings. The lowest BCUT2D eigenvalue weighted by atomic mass is 10.3. The first kappa shape index (κ1) is 8.88. The Bertz CT molecular complexity index is 170. The number of hydrogen-bond acceptors (Lipinski definition) is 2. The fourth-order valence-electron chi connectivity index (χ4n) is 0.501. The highest BCUT2D eigenvalue weighted by atomic mass is 16.6. The average Bonchev–Trinajstić information content (AvgIpc) is 1.89. The molecule has 0 saturated carbocycles. The molecule has 0 saturated heterocycles. The standard InChI is InChI=1S/C7H11NO2/c1-3-5-6-7(4-2)8(9)10/h4-6H,3H2,1-2H3/b6-5-,7-4+. The van der Waals surface area contributed by atoms with Crippen molar-refractivity contribution in [2.75, 3.05) is 0 Å². The molecule has 3 heteroatoms. The molecule has 0 bridgehead atoms. The van der Waals surface area contributed by atoms with Crippen molar-refractivity contribution in [3.05, 3.63) is 34.0 Å². The van der Waals surface area contributed by atoms with Crippen molar-refractivity contribution in [2.45, 2.75) is 20.3 Å². The van der Waals surface area contributed by atoms with Crippen molar-refractivity contribution in [1.82, 2.24) is 0 Å². The number of hydrogen-bond donors (Lipinski definition) is 0. The summed E-state index contributed by atoms with van der Waals surface area (Å²) in [6.45, 7) is 3.59. The Morgan fingerprint density at radius 1 is 1.70 bits per heavy atom. The lowest BCUT2D eigenvalue weighted by Crippen LogP contribution is -1.93. The average molecular weight is 141 g/mol. The van der Waals surface area contributed by atoms with Crippen molar-refractivity contribution in [1.29, 1.82) is 0 Å². The van der Waals surface area contributed by atoms with Gasteiger partial charge in [0.1, 0.15) is 0 Å². The van der Waals surface area contributed by atoms with Gasteiger partial charge in [0.2, 0.25) is 0 Å². The zero-order valence-corrected chi connectivity index (χ0v) is 6.20. The van der Waals surface area contributed by atoms with Crippen LogP contribution in [0.2, 0.25) is 0 Å². The summed E-state index contributed by atoms with van der Waals surface area (Å²) < 4.78 is 0. The molecular formula is C7H11NO2. The van der Waals surface area contributed by atoms with Crippen LogP contribution in [0.3, 0.4) is 0 Å². The summed E-state index contributed by atoms with van der Waals surface area (Å²) in [5.41, 5.74) is 0.154. The first-order valence-electron chi connectivity index (χ1n) is 3.19. The fourth-order valence-corrected chi connectivity index (χ4v) is 0.501. The zero-order chi connectivity index (χ0) is 7.98. The topological polar surface area (TPSA) is 43.1 Å². The zero-order valence-electron chi connectivity index (χ0n) is 6.20. The van der Waals surface area contributed by atoms with Crippen LogP contribution in [0.4, 0.5) is 0 Å². The van der Waals surface area contributed by atoms with E-state index < -0.39 is 4.92 Å². The number of nitrogens with zero attached hydrogens (tertiary/aromatic N) is 1. The van der Waals surface area contributed by atoms with Gasteiger partial charge in [0.05, 0.1) is 4.92 Å². The van der Waals surface area contributed by atoms with Crippen LogP contribution < -0.4 is 0 Å². The second-order valence-electron chi connectivity index (χ2n) is 1.78. The minimum absolute atomic E-state index is 0.154. The fraction of sp³-hybridized carbons (Fsp3) is 0.429. The maximum Gasteiger partial charge on any atom is 0.264 e. The molecule has 0 amide bonds. The maximum absolute atomic E-state index is 10.1. The van der Waals surface area contributed by atoms with E-state index in [-0.39, 0.29) is 5.70 Å². The van der Waals surface area contributed by atoms with Gasteiger partial charge in [-0.15, -0.1) is 0 Å². The summed E-state index contributed by atoms with van der Waals surface area (Å²) in [5, 5.41) is 10.1. The van der Waals surface area contributed by atoms with Crippen LogP contribution in [-0.2, 0) is 0 Å². The Labute approximate surface area is 60.2 Å². The molecule has 0 N–H and O–H groups in total. The Morgan fingerprint density at radius 3 is 2.60 bits per heavy atom. The van der Waals surface area contributed by atoms with E-state index in [2.05, 4.69) is 0 Å². The van der Waals surface area contributed by atoms with Gasteiger partial charge in [-0.1, -0.05) is 13.0 Å². The minimum Gasteiger partial charge on any atom is -0.258 e. The quantitative estimate of drug-likeness (QED) is 0.343. The van der Waals surface area contributed by atoms with Crippen LogP contribution in [0.15, 0.2) is 23.9 Å². The predicted octanol–water partition coefficient (Wildman–Crippen LogP) is 2.13. The second kappa shape index (κ2) is 4.73. The molecule has 0 radical (unpaired) electrons. The van der Waals surface area contributed by atoms with Crippen molar-refractivity contribution >= 4 is 0 Å². The summed E-state index contributed by atoms with van der Waals surface area (Å²) in [5.74, 6) is 0. The van der Waals surface area contributed by atoms with Crippen LogP contribution in [0.5, 0.6) is 0 Å². The molecule has 0 aliphatic heterocycles. The molecule has 0 atom stereocenters. The van der Waals surface area contributed by atoms with E-state index in [1.165, 1.54) is 12.2 Å². The van der Waals surface area contributed by atoms with Gasteiger partial charge in [-0.3, -0.25) is 10.1 Å². The summed E-state index contributed by atoms with van der Waals surface area (Å²) in [6, 6.07) is 0. The second-order valence-corrected chi connectivity index (χ2v) is 1.78. The third kappa shape index (κ3) is 3.02. The molecule has 0 heterocycles. The van der Waals surface area contributed by atoms with Gasteiger partial charge in [0, 0.05) is 6.08 Å². The van der Waals surface area contributed by atoms with E-state index in [0.29, 0.717) is 0 Å². The van der Waals surface area contributed by atoms with Crippen LogP contribution in [0.25, 0.3) is 0 Å². The SMILES string of the molecule is C/C=C(\C=C/CC)[N+](=O)[O-]. The summed E-state index contributed by atoms with van der Waals surface area (Å²) in [6.07, 6.45) is 5.58. The molecule has 0 aromatic heterocycles. The first-order valence-corrected chi connectivity index (χ1v) is 3.19. The van der Waals surface area contributed by atoms with Crippen molar-refractivity contribution in [3.8, 4) is 0 Å². The molecule has 0 aliphatic rings. The lowest BCUT2D eigenvalue weighted by Gasteiger charge is -1.86. The molecule has 56 valence electrons. The Kier molecular flexibility index (Phi) is 4.20. The molecule has 3 nitrogen and oxygen atoms in total. The predicted molar refractivity (Wildman–Crippen MR) is 40.2 cm³/mol. The van der Waals surface area contributed by atoms with Crippen LogP contribution in [0.1, 0.15) is 20.3 Å². The van der Waals surface area contributed by atoms with Gasteiger partial charge in [0.15, 0.2) is 0 Å². The van der Waals surface area contributed by atoms with Gasteiger partial charge in [-0.2, -0.15) is 0 Å². The van der Waals surface area contributed by atoms with Crippen molar-refractivity contribution in [2.24, 2.45) is 0 Å². The monoisotopic (exact) mass is 141 g/mol. The highest BCUT2D eigenvalue weighted by Gasteiger charge is 2.00. The van der Waals surface area contributed by atoms with Gasteiger partial charge in [-0.05, 0) is 19.4 Å². The van der Waals surface area contributed by atoms with E-state index in [1.54, 1.807) is 13.0 Å². The Morgan fingerprint density at radius 2 is 2.30 bits per heavy atom. The van der Waals surface area contributed by atoms with Crippen molar-refractivity contribution in [3.63, 3.8) is 0 Å². The smallest absolute Gasteiger partial charge is 0.258 e. The largest absolute Gasteiger partial charge is 0.264 e. The molecule has 0 aromatic rings. The summed E-state index contributed by atoms with van der Waals surface area (Å²) in [4.78, 5) is 9.73. The van der Waals surface area contributed by atoms with Gasteiger partial charge in [0.25, 0.3) is 5.70 Å². The highest BCUT2D eigenvalue weighted by Crippen LogP contribution is 1.97. The Hall–Kier alpha value is -1.12. The lowest BCUT2D eigenvalue weighted by molar-refractivity contribution is -0.419. The molecule has 10 heavy (non-hydrogen) atoms. The van der Waals surface area contributed by atoms with Crippen LogP contribution >= 0.6 is 0 Å². The maximum atomic E-state index is 10.1. The highest BCUT2D eigenvalue weighted by molar-refractivity contribution is 5.09.